The molecule has 0 radical (unpaired) electrons. The van der Waals surface area contributed by atoms with Crippen LogP contribution in [0, 0.1) is 0 Å². The van der Waals surface area contributed by atoms with Crippen molar-refractivity contribution in [3.8, 4) is 0 Å². The summed E-state index contributed by atoms with van der Waals surface area (Å²) in [5.74, 6) is -0.870. The number of esters is 3. The Morgan fingerprint density at radius 2 is 0.486 bits per heavy atom. The Morgan fingerprint density at radius 1 is 0.270 bits per heavy atom. The second-order valence-electron chi connectivity index (χ2n) is 22.0. The van der Waals surface area contributed by atoms with E-state index < -0.39 is 6.10 Å². The molecule has 0 aliphatic heterocycles. The highest BCUT2D eigenvalue weighted by molar-refractivity contribution is 5.71. The molecule has 0 saturated heterocycles. The number of carbonyl (C=O) groups excluding carboxylic acids is 3. The van der Waals surface area contributed by atoms with E-state index in [-0.39, 0.29) is 31.1 Å². The van der Waals surface area contributed by atoms with Crippen molar-refractivity contribution in [3.05, 3.63) is 48.6 Å². The second-order valence-corrected chi connectivity index (χ2v) is 22.0. The summed E-state index contributed by atoms with van der Waals surface area (Å²) in [5, 5.41) is 0. The van der Waals surface area contributed by atoms with Gasteiger partial charge in [0.05, 0.1) is 0 Å². The van der Waals surface area contributed by atoms with E-state index in [1.54, 1.807) is 0 Å². The fourth-order valence-electron chi connectivity index (χ4n) is 9.58. The van der Waals surface area contributed by atoms with Crippen LogP contribution < -0.4 is 0 Å². The normalized spacial score (nSPS) is 12.3. The lowest BCUT2D eigenvalue weighted by atomic mass is 10.0. The largest absolute Gasteiger partial charge is 0.462 e. The van der Waals surface area contributed by atoms with E-state index in [0.717, 1.165) is 70.6 Å². The van der Waals surface area contributed by atoms with Gasteiger partial charge >= 0.3 is 17.9 Å². The van der Waals surface area contributed by atoms with Crippen LogP contribution in [0.4, 0.5) is 0 Å². The minimum absolute atomic E-state index is 0.0752. The molecule has 0 aromatic heterocycles. The highest BCUT2D eigenvalue weighted by Crippen LogP contribution is 2.17. The van der Waals surface area contributed by atoms with Gasteiger partial charge in [0.25, 0.3) is 0 Å². The molecule has 0 fully saturated rings. The van der Waals surface area contributed by atoms with Gasteiger partial charge in [0, 0.05) is 19.3 Å². The lowest BCUT2D eigenvalue weighted by Crippen LogP contribution is -2.30. The van der Waals surface area contributed by atoms with Crippen LogP contribution in [0.25, 0.3) is 0 Å². The summed E-state index contributed by atoms with van der Waals surface area (Å²) < 4.78 is 16.9. The van der Waals surface area contributed by atoms with Crippen LogP contribution in [0.5, 0.6) is 0 Å². The van der Waals surface area contributed by atoms with Gasteiger partial charge in [-0.05, 0) is 103 Å². The molecule has 0 amide bonds. The lowest BCUT2D eigenvalue weighted by Gasteiger charge is -2.18. The lowest BCUT2D eigenvalue weighted by molar-refractivity contribution is -0.167. The zero-order chi connectivity index (χ0) is 53.6. The number of carbonyl (C=O) groups is 3. The molecule has 0 aliphatic carbocycles. The van der Waals surface area contributed by atoms with Crippen molar-refractivity contribution < 1.29 is 28.6 Å². The summed E-state index contributed by atoms with van der Waals surface area (Å²) in [4.78, 5) is 38.3. The van der Waals surface area contributed by atoms with E-state index in [1.165, 1.54) is 238 Å². The zero-order valence-corrected chi connectivity index (χ0v) is 49.6. The standard InChI is InChI=1S/C68H124O6/c1-4-7-10-13-16-19-22-25-28-30-31-32-33-34-35-36-37-39-40-43-46-49-52-55-58-61-67(70)73-64-65(63-72-66(69)60-57-54-51-48-45-42-27-24-21-18-15-12-9-6-3)74-68(71)62-59-56-53-50-47-44-41-38-29-26-23-20-17-14-11-8-5-2/h22,24-27,29-31,65H,4-21,23,28,32-64H2,1-3H3/b25-22-,27-24-,29-26-,31-30-. The molecule has 1 atom stereocenters. The maximum absolute atomic E-state index is 12.9. The number of allylic oxidation sites excluding steroid dienone is 8. The molecule has 6 nitrogen and oxygen atoms in total. The molecule has 6 heteroatoms. The molecule has 0 rings (SSSR count). The Bertz CT molecular complexity index is 1280. The minimum Gasteiger partial charge on any atom is -0.462 e. The number of hydrogen-bond acceptors (Lipinski definition) is 6. The summed E-state index contributed by atoms with van der Waals surface area (Å²) in [6.07, 6.45) is 78.3. The van der Waals surface area contributed by atoms with E-state index in [2.05, 4.69) is 69.4 Å². The Hall–Kier alpha value is -2.63. The van der Waals surface area contributed by atoms with Gasteiger partial charge in [-0.15, -0.1) is 0 Å². The van der Waals surface area contributed by atoms with Gasteiger partial charge in [0.2, 0.25) is 0 Å². The van der Waals surface area contributed by atoms with Gasteiger partial charge in [-0.2, -0.15) is 0 Å². The topological polar surface area (TPSA) is 78.9 Å². The van der Waals surface area contributed by atoms with Crippen LogP contribution in [0.15, 0.2) is 48.6 Å². The number of ether oxygens (including phenoxy) is 3. The van der Waals surface area contributed by atoms with Crippen molar-refractivity contribution in [2.24, 2.45) is 0 Å². The molecular formula is C68H124O6. The summed E-state index contributed by atoms with van der Waals surface area (Å²) in [6.45, 7) is 6.65. The van der Waals surface area contributed by atoms with E-state index in [4.69, 9.17) is 14.2 Å². The third kappa shape index (κ3) is 60.2. The van der Waals surface area contributed by atoms with Gasteiger partial charge in [0.1, 0.15) is 13.2 Å². The first-order chi connectivity index (χ1) is 36.5. The molecular weight excluding hydrogens is 913 g/mol. The van der Waals surface area contributed by atoms with Gasteiger partial charge in [-0.1, -0.05) is 275 Å². The van der Waals surface area contributed by atoms with Gasteiger partial charge in [-0.25, -0.2) is 0 Å². The molecule has 0 aromatic carbocycles. The number of unbranched alkanes of at least 4 members (excludes halogenated alkanes) is 41. The molecule has 0 aliphatic rings. The predicted octanol–water partition coefficient (Wildman–Crippen LogP) is 22.2. The molecule has 0 N–H and O–H groups in total. The highest BCUT2D eigenvalue weighted by atomic mass is 16.6. The average Bonchev–Trinajstić information content (AvgIpc) is 3.40. The molecule has 432 valence electrons. The molecule has 0 spiro atoms. The Labute approximate surface area is 460 Å². The van der Waals surface area contributed by atoms with Crippen molar-refractivity contribution in [2.45, 2.75) is 354 Å². The van der Waals surface area contributed by atoms with Gasteiger partial charge in [0.15, 0.2) is 6.10 Å². The Morgan fingerprint density at radius 3 is 0.757 bits per heavy atom. The average molecular weight is 1040 g/mol. The quantitative estimate of drug-likeness (QED) is 0.0261. The third-order valence-corrected chi connectivity index (χ3v) is 14.5. The molecule has 0 heterocycles. The summed E-state index contributed by atoms with van der Waals surface area (Å²) in [5.41, 5.74) is 0. The molecule has 1 unspecified atom stereocenters. The van der Waals surface area contributed by atoms with Crippen molar-refractivity contribution >= 4 is 17.9 Å². The molecule has 74 heavy (non-hydrogen) atoms. The highest BCUT2D eigenvalue weighted by Gasteiger charge is 2.19. The summed E-state index contributed by atoms with van der Waals surface area (Å²) in [7, 11) is 0. The number of rotatable bonds is 60. The van der Waals surface area contributed by atoms with Crippen LogP contribution >= 0.6 is 0 Å². The van der Waals surface area contributed by atoms with E-state index in [9.17, 15) is 14.4 Å². The van der Waals surface area contributed by atoms with Crippen molar-refractivity contribution in [3.63, 3.8) is 0 Å². The van der Waals surface area contributed by atoms with Gasteiger partial charge < -0.3 is 14.2 Å². The predicted molar refractivity (Wildman–Crippen MR) is 321 cm³/mol. The first-order valence-corrected chi connectivity index (χ1v) is 32.6. The SMILES string of the molecule is CCCCCCC/C=C\C/C=C\CCCCCCCCCCCCCCCC(=O)OCC(COC(=O)CCCCCCC/C=C\CCCCCCC)OC(=O)CCCCCCCCC/C=C\CCCCCCCC. The Balaban J connectivity index is 4.28. The van der Waals surface area contributed by atoms with Crippen molar-refractivity contribution in [2.75, 3.05) is 13.2 Å². The second kappa shape index (κ2) is 62.9. The Kier molecular flexibility index (Phi) is 60.7. The fraction of sp³-hybridized carbons (Fsp3) is 0.838. The minimum atomic E-state index is -0.779. The zero-order valence-electron chi connectivity index (χ0n) is 49.6. The maximum Gasteiger partial charge on any atom is 0.306 e. The molecule has 0 aromatic rings. The van der Waals surface area contributed by atoms with E-state index >= 15 is 0 Å². The van der Waals surface area contributed by atoms with Crippen LogP contribution in [-0.4, -0.2) is 37.2 Å². The molecule has 0 bridgehead atoms. The van der Waals surface area contributed by atoms with Crippen LogP contribution in [0.1, 0.15) is 348 Å². The van der Waals surface area contributed by atoms with Crippen molar-refractivity contribution in [1.29, 1.82) is 0 Å². The first kappa shape index (κ1) is 71.4. The fourth-order valence-corrected chi connectivity index (χ4v) is 9.58. The third-order valence-electron chi connectivity index (χ3n) is 14.5. The van der Waals surface area contributed by atoms with E-state index in [1.807, 2.05) is 0 Å². The smallest absolute Gasteiger partial charge is 0.306 e. The first-order valence-electron chi connectivity index (χ1n) is 32.6. The van der Waals surface area contributed by atoms with Crippen LogP contribution in [0.2, 0.25) is 0 Å². The van der Waals surface area contributed by atoms with Crippen molar-refractivity contribution in [1.82, 2.24) is 0 Å². The molecule has 0 saturated carbocycles. The van der Waals surface area contributed by atoms with Gasteiger partial charge in [-0.3, -0.25) is 14.4 Å². The van der Waals surface area contributed by atoms with Crippen LogP contribution in [0.3, 0.4) is 0 Å². The van der Waals surface area contributed by atoms with Crippen LogP contribution in [-0.2, 0) is 28.6 Å². The maximum atomic E-state index is 12.9. The number of hydrogen-bond donors (Lipinski definition) is 0. The van der Waals surface area contributed by atoms with E-state index in [0.29, 0.717) is 19.3 Å². The summed E-state index contributed by atoms with van der Waals surface area (Å²) >= 11 is 0. The monoisotopic (exact) mass is 1040 g/mol. The summed E-state index contributed by atoms with van der Waals surface area (Å²) in [6, 6.07) is 0.